The molecule has 2 aromatic heterocycles. The molecule has 2 nitrogen and oxygen atoms in total. The Morgan fingerprint density at radius 1 is 0.963 bits per heavy atom. The van der Waals surface area contributed by atoms with Gasteiger partial charge >= 0.3 is 0 Å². The van der Waals surface area contributed by atoms with Gasteiger partial charge < -0.3 is 0 Å². The quantitative estimate of drug-likeness (QED) is 0.438. The maximum absolute atomic E-state index is 13.4. The number of fused-ring (bicyclic) bond motifs is 1. The molecule has 0 radical (unpaired) electrons. The summed E-state index contributed by atoms with van der Waals surface area (Å²) >= 11 is 1.44. The number of nitrogens with zero attached hydrogens (tertiary/aromatic N) is 1. The number of benzene rings is 2. The van der Waals surface area contributed by atoms with Gasteiger partial charge in [0, 0.05) is 22.0 Å². The van der Waals surface area contributed by atoms with Gasteiger partial charge in [-0.3, -0.25) is 4.79 Å². The van der Waals surface area contributed by atoms with Crippen LogP contribution in [0.2, 0.25) is 0 Å². The number of ketones is 1. The summed E-state index contributed by atoms with van der Waals surface area (Å²) in [5.74, 6) is -1.25. The molecular formula is C22H15F2NOS. The molecular weight excluding hydrogens is 364 g/mol. The zero-order valence-corrected chi connectivity index (χ0v) is 15.3. The van der Waals surface area contributed by atoms with Crippen molar-refractivity contribution < 1.29 is 13.6 Å². The Labute approximate surface area is 159 Å². The number of carbonyl (C=O) groups excluding carboxylic acids is 1. The van der Waals surface area contributed by atoms with Crippen molar-refractivity contribution in [3.05, 3.63) is 88.9 Å². The fraction of sp³-hybridized carbons (Fsp3) is 0.0909. The first kappa shape index (κ1) is 17.5. The molecule has 0 saturated heterocycles. The Bertz CT molecular complexity index is 1120. The average molecular weight is 379 g/mol. The molecule has 134 valence electrons. The van der Waals surface area contributed by atoms with E-state index in [-0.39, 0.29) is 17.4 Å². The fourth-order valence-electron chi connectivity index (χ4n) is 3.29. The van der Waals surface area contributed by atoms with Crippen LogP contribution in [0.5, 0.6) is 0 Å². The molecule has 0 bridgehead atoms. The standard InChI is InChI=1S/C22H15F2NOS/c1-13(26)19(14-4-8-16(23)9-5-14)21-20(15-6-10-17(24)11-7-15)18-3-2-12-25-22(18)27-21/h2-12,19H,1H3. The number of halogens is 2. The van der Waals surface area contributed by atoms with Crippen LogP contribution in [0.25, 0.3) is 21.3 Å². The lowest BCUT2D eigenvalue weighted by atomic mass is 9.89. The van der Waals surface area contributed by atoms with E-state index in [2.05, 4.69) is 4.98 Å². The normalized spacial score (nSPS) is 12.3. The number of Topliss-reactive ketones (excluding diaryl/α,β-unsaturated/α-hetero) is 1. The highest BCUT2D eigenvalue weighted by Gasteiger charge is 2.27. The van der Waals surface area contributed by atoms with E-state index >= 15 is 0 Å². The van der Waals surface area contributed by atoms with Crippen LogP contribution < -0.4 is 0 Å². The van der Waals surface area contributed by atoms with Crippen molar-refractivity contribution in [2.75, 3.05) is 0 Å². The lowest BCUT2D eigenvalue weighted by molar-refractivity contribution is -0.117. The molecule has 0 amide bonds. The van der Waals surface area contributed by atoms with E-state index in [0.29, 0.717) is 0 Å². The molecule has 0 saturated carbocycles. The van der Waals surface area contributed by atoms with Gasteiger partial charge in [-0.1, -0.05) is 24.3 Å². The molecule has 4 aromatic rings. The van der Waals surface area contributed by atoms with Crippen LogP contribution >= 0.6 is 11.3 Å². The molecule has 4 rings (SSSR count). The number of hydrogen-bond donors (Lipinski definition) is 0. The molecule has 1 atom stereocenters. The van der Waals surface area contributed by atoms with Crippen molar-refractivity contribution in [3.63, 3.8) is 0 Å². The predicted octanol–water partition coefficient (Wildman–Crippen LogP) is 5.96. The minimum atomic E-state index is -0.537. The Morgan fingerprint density at radius 2 is 1.59 bits per heavy atom. The van der Waals surface area contributed by atoms with E-state index < -0.39 is 5.92 Å². The van der Waals surface area contributed by atoms with E-state index in [1.54, 1.807) is 30.5 Å². The number of rotatable bonds is 4. The molecule has 0 aliphatic rings. The molecule has 27 heavy (non-hydrogen) atoms. The zero-order chi connectivity index (χ0) is 19.0. The summed E-state index contributed by atoms with van der Waals surface area (Å²) in [4.78, 5) is 18.6. The second-order valence-electron chi connectivity index (χ2n) is 6.30. The topological polar surface area (TPSA) is 30.0 Å². The molecule has 0 spiro atoms. The Balaban J connectivity index is 1.99. The molecule has 0 fully saturated rings. The van der Waals surface area contributed by atoms with Crippen molar-refractivity contribution >= 4 is 27.3 Å². The van der Waals surface area contributed by atoms with Crippen LogP contribution in [0.15, 0.2) is 66.9 Å². The summed E-state index contributed by atoms with van der Waals surface area (Å²) in [6.07, 6.45) is 1.71. The maximum atomic E-state index is 13.4. The summed E-state index contributed by atoms with van der Waals surface area (Å²) < 4.78 is 26.8. The number of hydrogen-bond acceptors (Lipinski definition) is 3. The summed E-state index contributed by atoms with van der Waals surface area (Å²) in [5, 5.41) is 0.914. The van der Waals surface area contributed by atoms with Gasteiger partial charge in [0.25, 0.3) is 0 Å². The number of pyridine rings is 1. The van der Waals surface area contributed by atoms with E-state index in [1.165, 1.54) is 42.5 Å². The highest BCUT2D eigenvalue weighted by Crippen LogP contribution is 2.44. The van der Waals surface area contributed by atoms with Gasteiger partial charge in [0.15, 0.2) is 0 Å². The van der Waals surface area contributed by atoms with Crippen LogP contribution in [0.4, 0.5) is 8.78 Å². The highest BCUT2D eigenvalue weighted by molar-refractivity contribution is 7.19. The van der Waals surface area contributed by atoms with Gasteiger partial charge in [0.2, 0.25) is 0 Å². The van der Waals surface area contributed by atoms with Crippen molar-refractivity contribution in [2.24, 2.45) is 0 Å². The summed E-state index contributed by atoms with van der Waals surface area (Å²) in [5.41, 5.74) is 2.41. The Kier molecular flexibility index (Phi) is 4.54. The Hall–Kier alpha value is -2.92. The smallest absolute Gasteiger partial charge is 0.142 e. The van der Waals surface area contributed by atoms with Crippen LogP contribution in [-0.2, 0) is 4.79 Å². The van der Waals surface area contributed by atoms with Crippen molar-refractivity contribution in [3.8, 4) is 11.1 Å². The SMILES string of the molecule is CC(=O)C(c1ccc(F)cc1)c1sc2ncccc2c1-c1ccc(F)cc1. The van der Waals surface area contributed by atoms with Crippen LogP contribution in [0.3, 0.4) is 0 Å². The van der Waals surface area contributed by atoms with E-state index in [0.717, 1.165) is 31.8 Å². The molecule has 2 aromatic carbocycles. The minimum Gasteiger partial charge on any atom is -0.299 e. The minimum absolute atomic E-state index is 0.0449. The molecule has 0 aliphatic carbocycles. The number of thiophene rings is 1. The van der Waals surface area contributed by atoms with Gasteiger partial charge in [-0.15, -0.1) is 11.3 Å². The second kappa shape index (κ2) is 7.00. The summed E-state index contributed by atoms with van der Waals surface area (Å²) in [6, 6.07) is 16.0. The first-order chi connectivity index (χ1) is 13.0. The van der Waals surface area contributed by atoms with E-state index in [1.807, 2.05) is 12.1 Å². The third-order valence-corrected chi connectivity index (χ3v) is 5.68. The molecule has 2 heterocycles. The first-order valence-electron chi connectivity index (χ1n) is 8.44. The summed E-state index contributed by atoms with van der Waals surface area (Å²) in [6.45, 7) is 1.53. The van der Waals surface area contributed by atoms with Crippen LogP contribution in [0.1, 0.15) is 23.3 Å². The lowest BCUT2D eigenvalue weighted by Crippen LogP contribution is -2.10. The van der Waals surface area contributed by atoms with Gasteiger partial charge in [0.05, 0.1) is 5.92 Å². The van der Waals surface area contributed by atoms with Gasteiger partial charge in [-0.25, -0.2) is 13.8 Å². The molecule has 0 N–H and O–H groups in total. The highest BCUT2D eigenvalue weighted by atomic mass is 32.1. The average Bonchev–Trinajstić information content (AvgIpc) is 3.03. The van der Waals surface area contributed by atoms with Gasteiger partial charge in [0.1, 0.15) is 22.2 Å². The van der Waals surface area contributed by atoms with E-state index in [9.17, 15) is 13.6 Å². The number of aromatic nitrogens is 1. The maximum Gasteiger partial charge on any atom is 0.142 e. The first-order valence-corrected chi connectivity index (χ1v) is 9.25. The monoisotopic (exact) mass is 379 g/mol. The van der Waals surface area contributed by atoms with Gasteiger partial charge in [-0.05, 0) is 54.4 Å². The molecule has 1 unspecified atom stereocenters. The lowest BCUT2D eigenvalue weighted by Gasteiger charge is -2.15. The van der Waals surface area contributed by atoms with Crippen LogP contribution in [-0.4, -0.2) is 10.8 Å². The third kappa shape index (κ3) is 3.26. The Morgan fingerprint density at radius 3 is 2.22 bits per heavy atom. The molecule has 0 aliphatic heterocycles. The zero-order valence-electron chi connectivity index (χ0n) is 14.4. The third-order valence-electron chi connectivity index (χ3n) is 4.50. The van der Waals surface area contributed by atoms with Crippen molar-refractivity contribution in [1.29, 1.82) is 0 Å². The summed E-state index contributed by atoms with van der Waals surface area (Å²) in [7, 11) is 0. The largest absolute Gasteiger partial charge is 0.299 e. The van der Waals surface area contributed by atoms with Gasteiger partial charge in [-0.2, -0.15) is 0 Å². The van der Waals surface area contributed by atoms with Crippen LogP contribution in [0, 0.1) is 11.6 Å². The predicted molar refractivity (Wildman–Crippen MR) is 104 cm³/mol. The van der Waals surface area contributed by atoms with Crippen molar-refractivity contribution in [2.45, 2.75) is 12.8 Å². The van der Waals surface area contributed by atoms with Crippen molar-refractivity contribution in [1.82, 2.24) is 4.98 Å². The molecule has 5 heteroatoms. The fourth-order valence-corrected chi connectivity index (χ4v) is 4.65. The second-order valence-corrected chi connectivity index (χ2v) is 7.33. The van der Waals surface area contributed by atoms with E-state index in [4.69, 9.17) is 0 Å². The number of carbonyl (C=O) groups is 1.